The molecular formula is C45H53N7O6. The second kappa shape index (κ2) is 17.7. The third kappa shape index (κ3) is 8.80. The van der Waals surface area contributed by atoms with Crippen LogP contribution in [0.5, 0.6) is 23.0 Å². The van der Waals surface area contributed by atoms with Gasteiger partial charge < -0.3 is 34.1 Å². The van der Waals surface area contributed by atoms with Gasteiger partial charge in [0.1, 0.15) is 11.3 Å². The highest BCUT2D eigenvalue weighted by Gasteiger charge is 2.24. The Balaban J connectivity index is 0.000000177. The maximum Gasteiger partial charge on any atom is 0.258 e. The number of nitrogens with zero attached hydrogens (tertiary/aromatic N) is 6. The van der Waals surface area contributed by atoms with Crippen molar-refractivity contribution in [2.24, 2.45) is 0 Å². The molecule has 0 saturated carbocycles. The fourth-order valence-corrected chi connectivity index (χ4v) is 7.87. The first kappa shape index (κ1) is 40.3. The topological polar surface area (TPSA) is 124 Å². The Morgan fingerprint density at radius 2 is 1.17 bits per heavy atom. The number of pyridine rings is 2. The zero-order chi connectivity index (χ0) is 40.9. The number of benzene rings is 2. The predicted octanol–water partition coefficient (Wildman–Crippen LogP) is 6.14. The average Bonchev–Trinajstić information content (AvgIpc) is 3.71. The molecule has 1 atom stereocenters. The summed E-state index contributed by atoms with van der Waals surface area (Å²) in [6.45, 7) is 8.43. The van der Waals surface area contributed by atoms with E-state index in [0.29, 0.717) is 63.7 Å². The lowest BCUT2D eigenvalue weighted by atomic mass is 9.91. The largest absolute Gasteiger partial charge is 0.493 e. The van der Waals surface area contributed by atoms with E-state index in [1.54, 1.807) is 49.4 Å². The summed E-state index contributed by atoms with van der Waals surface area (Å²) in [5.41, 5.74) is 6.18. The van der Waals surface area contributed by atoms with Gasteiger partial charge >= 0.3 is 0 Å². The number of fused-ring (bicyclic) bond motifs is 2. The van der Waals surface area contributed by atoms with Crippen molar-refractivity contribution in [3.8, 4) is 45.5 Å². The number of hydrogen-bond donors (Lipinski definition) is 1. The summed E-state index contributed by atoms with van der Waals surface area (Å²) in [5.74, 6) is 2.99. The molecule has 58 heavy (non-hydrogen) atoms. The molecule has 2 aromatic carbocycles. The Bertz CT molecular complexity index is 2510. The van der Waals surface area contributed by atoms with Crippen molar-refractivity contribution < 1.29 is 18.9 Å². The van der Waals surface area contributed by atoms with Crippen molar-refractivity contribution in [1.29, 1.82) is 0 Å². The second-order valence-corrected chi connectivity index (χ2v) is 15.2. The van der Waals surface area contributed by atoms with E-state index in [0.717, 1.165) is 62.3 Å². The number of methoxy groups -OCH3 is 4. The van der Waals surface area contributed by atoms with Gasteiger partial charge in [0, 0.05) is 60.8 Å². The summed E-state index contributed by atoms with van der Waals surface area (Å²) in [6, 6.07) is 23.1. The Morgan fingerprint density at radius 1 is 0.638 bits per heavy atom. The summed E-state index contributed by atoms with van der Waals surface area (Å²) in [4.78, 5) is 39.7. The van der Waals surface area contributed by atoms with Gasteiger partial charge in [-0.3, -0.25) is 18.4 Å². The summed E-state index contributed by atoms with van der Waals surface area (Å²) in [5, 5.41) is 3.59. The van der Waals surface area contributed by atoms with Crippen molar-refractivity contribution in [3.05, 3.63) is 111 Å². The highest BCUT2D eigenvalue weighted by atomic mass is 16.5. The van der Waals surface area contributed by atoms with E-state index in [9.17, 15) is 9.59 Å². The first-order valence-electron chi connectivity index (χ1n) is 19.8. The van der Waals surface area contributed by atoms with E-state index in [2.05, 4.69) is 42.1 Å². The van der Waals surface area contributed by atoms with Gasteiger partial charge in [0.05, 0.1) is 45.5 Å². The molecule has 2 aliphatic rings. The van der Waals surface area contributed by atoms with E-state index in [1.165, 1.54) is 5.56 Å². The van der Waals surface area contributed by atoms with Crippen LogP contribution in [0.4, 0.5) is 5.69 Å². The van der Waals surface area contributed by atoms with Crippen LogP contribution in [0, 0.1) is 0 Å². The minimum absolute atomic E-state index is 0.0791. The normalized spacial score (nSPS) is 16.1. The first-order chi connectivity index (χ1) is 28.1. The summed E-state index contributed by atoms with van der Waals surface area (Å²) in [7, 11) is 8.53. The molecule has 0 aliphatic carbocycles. The lowest BCUT2D eigenvalue weighted by Gasteiger charge is -2.29. The molecule has 1 N–H and O–H groups in total. The molecule has 2 saturated heterocycles. The van der Waals surface area contributed by atoms with Gasteiger partial charge in [0.2, 0.25) is 0 Å². The maximum atomic E-state index is 12.9. The number of nitrogens with one attached hydrogen (secondary N) is 1. The molecular weight excluding hydrogens is 735 g/mol. The number of aromatic nitrogens is 4. The van der Waals surface area contributed by atoms with Gasteiger partial charge in [-0.2, -0.15) is 0 Å². The van der Waals surface area contributed by atoms with Crippen molar-refractivity contribution in [1.82, 2.24) is 29.0 Å². The van der Waals surface area contributed by atoms with Gasteiger partial charge in [-0.1, -0.05) is 19.9 Å². The quantitative estimate of drug-likeness (QED) is 0.172. The summed E-state index contributed by atoms with van der Waals surface area (Å²) in [6.07, 6.45) is 7.18. The minimum Gasteiger partial charge on any atom is -0.493 e. The molecule has 4 aromatic heterocycles. The molecule has 13 heteroatoms. The van der Waals surface area contributed by atoms with E-state index >= 15 is 0 Å². The van der Waals surface area contributed by atoms with Crippen LogP contribution in [0.2, 0.25) is 0 Å². The number of ether oxygens (including phenoxy) is 4. The summed E-state index contributed by atoms with van der Waals surface area (Å²) >= 11 is 0. The number of piperidine rings is 1. The smallest absolute Gasteiger partial charge is 0.258 e. The molecule has 0 bridgehead atoms. The zero-order valence-electron chi connectivity index (χ0n) is 34.4. The number of likely N-dealkylation sites (tertiary alicyclic amines) is 1. The van der Waals surface area contributed by atoms with Crippen LogP contribution in [0.1, 0.15) is 44.6 Å². The number of anilines is 1. The predicted molar refractivity (Wildman–Crippen MR) is 228 cm³/mol. The third-order valence-corrected chi connectivity index (χ3v) is 11.0. The van der Waals surface area contributed by atoms with Crippen LogP contribution < -0.4 is 40.3 Å². The number of hydrogen-bond acceptors (Lipinski definition) is 11. The van der Waals surface area contributed by atoms with Crippen molar-refractivity contribution in [2.75, 3.05) is 66.6 Å². The fraction of sp³-hybridized carbons (Fsp3) is 0.378. The number of rotatable bonds is 10. The first-order valence-corrected chi connectivity index (χ1v) is 19.8. The van der Waals surface area contributed by atoms with Crippen LogP contribution in [-0.4, -0.2) is 97.4 Å². The van der Waals surface area contributed by atoms with Crippen LogP contribution in [0.3, 0.4) is 0 Å². The molecule has 304 valence electrons. The second-order valence-electron chi connectivity index (χ2n) is 15.2. The van der Waals surface area contributed by atoms with Crippen molar-refractivity contribution in [2.45, 2.75) is 51.1 Å². The zero-order valence-corrected chi connectivity index (χ0v) is 34.4. The lowest BCUT2D eigenvalue weighted by Crippen LogP contribution is -2.37. The lowest BCUT2D eigenvalue weighted by molar-refractivity contribution is 0.255. The van der Waals surface area contributed by atoms with Crippen LogP contribution in [0.25, 0.3) is 33.8 Å². The SMILES string of the molecule is COc1ccc(-c2cc(=O)n3cc(C4CCN(C)CC4)ccc3n2)cc1OC.COc1ccc(-c2cc(=O)n3cc(N4CC[C@H](NC(C)C)C4)ccc3n2)cc1OC. The molecule has 6 aromatic rings. The Morgan fingerprint density at radius 3 is 1.71 bits per heavy atom. The van der Waals surface area contributed by atoms with Gasteiger partial charge in [0.25, 0.3) is 11.1 Å². The minimum atomic E-state index is -0.109. The average molecular weight is 788 g/mol. The molecule has 6 heterocycles. The molecule has 0 spiro atoms. The summed E-state index contributed by atoms with van der Waals surface area (Å²) < 4.78 is 24.6. The standard InChI is InChI=1S/C23H28N4O3.C22H25N3O3/c1-15(2)24-17-9-10-26(13-17)18-6-8-22-25-19(12-23(28)27(22)14-18)16-5-7-20(29-3)21(11-16)30-4;1-24-10-8-15(9-11-24)17-5-7-21-23-18(13-22(26)25(21)14-17)16-4-6-19(27-2)20(12-16)28-3/h5-8,11-12,14-15,17,24H,9-10,13H2,1-4H3;4-7,12-15H,8-11H2,1-3H3/t17-;/m0./s1. The molecule has 13 nitrogen and oxygen atoms in total. The van der Waals surface area contributed by atoms with Gasteiger partial charge in [-0.15, -0.1) is 0 Å². The van der Waals surface area contributed by atoms with Gasteiger partial charge in [-0.25, -0.2) is 9.97 Å². The fourth-order valence-electron chi connectivity index (χ4n) is 7.87. The third-order valence-electron chi connectivity index (χ3n) is 11.0. The van der Waals surface area contributed by atoms with Gasteiger partial charge in [-0.05, 0) is 105 Å². The molecule has 2 fully saturated rings. The maximum absolute atomic E-state index is 12.9. The van der Waals surface area contributed by atoms with Crippen LogP contribution in [0.15, 0.2) is 94.8 Å². The van der Waals surface area contributed by atoms with E-state index < -0.39 is 0 Å². The highest BCUT2D eigenvalue weighted by molar-refractivity contribution is 5.67. The monoisotopic (exact) mass is 787 g/mol. The van der Waals surface area contributed by atoms with E-state index in [-0.39, 0.29) is 11.1 Å². The molecule has 0 unspecified atom stereocenters. The molecule has 0 radical (unpaired) electrons. The Labute approximate surface area is 338 Å². The van der Waals surface area contributed by atoms with Gasteiger partial charge in [0.15, 0.2) is 23.0 Å². The van der Waals surface area contributed by atoms with Crippen LogP contribution >= 0.6 is 0 Å². The molecule has 8 rings (SSSR count). The van der Waals surface area contributed by atoms with Crippen molar-refractivity contribution in [3.63, 3.8) is 0 Å². The van der Waals surface area contributed by atoms with E-state index in [4.69, 9.17) is 28.9 Å². The Hall–Kier alpha value is -5.92. The highest BCUT2D eigenvalue weighted by Crippen LogP contribution is 2.33. The molecule has 0 amide bonds. The van der Waals surface area contributed by atoms with Crippen LogP contribution in [-0.2, 0) is 0 Å². The van der Waals surface area contributed by atoms with E-state index in [1.807, 2.05) is 67.0 Å². The Kier molecular flexibility index (Phi) is 12.3. The van der Waals surface area contributed by atoms with Crippen molar-refractivity contribution >= 4 is 17.0 Å². The molecule has 2 aliphatic heterocycles.